The summed E-state index contributed by atoms with van der Waals surface area (Å²) in [5.41, 5.74) is 2.18. The minimum Gasteiger partial charge on any atom is -0.293 e. The van der Waals surface area contributed by atoms with Crippen molar-refractivity contribution in [2.24, 2.45) is 0 Å². The summed E-state index contributed by atoms with van der Waals surface area (Å²) in [6.07, 6.45) is 1.47. The van der Waals surface area contributed by atoms with Gasteiger partial charge in [0.25, 0.3) is 0 Å². The van der Waals surface area contributed by atoms with Crippen LogP contribution >= 0.6 is 27.3 Å². The van der Waals surface area contributed by atoms with E-state index in [1.807, 2.05) is 18.2 Å². The van der Waals surface area contributed by atoms with E-state index in [0.717, 1.165) is 20.9 Å². The largest absolute Gasteiger partial charge is 0.293 e. The van der Waals surface area contributed by atoms with Crippen LogP contribution in [-0.2, 0) is 6.42 Å². The molecule has 0 saturated heterocycles. The molecule has 1 aliphatic carbocycles. The van der Waals surface area contributed by atoms with Gasteiger partial charge in [-0.3, -0.25) is 4.79 Å². The van der Waals surface area contributed by atoms with Crippen LogP contribution in [0, 0.1) is 0 Å². The lowest BCUT2D eigenvalue weighted by atomic mass is 9.85. The molecule has 0 aliphatic heterocycles. The fourth-order valence-corrected chi connectivity index (χ4v) is 3.73. The summed E-state index contributed by atoms with van der Waals surface area (Å²) in [6.45, 7) is 0. The topological polar surface area (TPSA) is 30.0 Å². The van der Waals surface area contributed by atoms with Crippen LogP contribution in [0.4, 0.5) is 0 Å². The van der Waals surface area contributed by atoms with Crippen LogP contribution in [0.2, 0.25) is 0 Å². The molecule has 2 aromatic rings. The number of halogens is 1. The minimum atomic E-state index is 0.225. The molecule has 0 bridgehead atoms. The zero-order valence-corrected chi connectivity index (χ0v) is 11.4. The number of hydrogen-bond acceptors (Lipinski definition) is 3. The summed E-state index contributed by atoms with van der Waals surface area (Å²) >= 11 is 4.80. The van der Waals surface area contributed by atoms with E-state index in [0.29, 0.717) is 6.42 Å². The molecular formula is C13H10BrNOS. The Bertz CT molecular complexity index is 564. The van der Waals surface area contributed by atoms with Gasteiger partial charge in [-0.2, -0.15) is 0 Å². The average molecular weight is 308 g/mol. The van der Waals surface area contributed by atoms with Gasteiger partial charge in [-0.15, -0.1) is 11.3 Å². The van der Waals surface area contributed by atoms with Crippen LogP contribution in [0.5, 0.6) is 0 Å². The van der Waals surface area contributed by atoms with Crippen molar-refractivity contribution >= 4 is 33.0 Å². The molecule has 1 aliphatic rings. The number of hydrogen-bond donors (Lipinski definition) is 0. The highest BCUT2D eigenvalue weighted by molar-refractivity contribution is 9.11. The van der Waals surface area contributed by atoms with Crippen LogP contribution in [0.1, 0.15) is 33.3 Å². The van der Waals surface area contributed by atoms with Gasteiger partial charge in [-0.05, 0) is 33.8 Å². The smallest absolute Gasteiger partial charge is 0.175 e. The fourth-order valence-electron chi connectivity index (χ4n) is 2.26. The highest BCUT2D eigenvalue weighted by atomic mass is 79.9. The third-order valence-corrected chi connectivity index (χ3v) is 4.66. The van der Waals surface area contributed by atoms with Gasteiger partial charge in [-0.25, -0.2) is 4.98 Å². The fraction of sp³-hybridized carbons (Fsp3) is 0.231. The molecule has 1 aromatic heterocycles. The first kappa shape index (κ1) is 11.1. The molecule has 2 nitrogen and oxygen atoms in total. The first-order valence-corrected chi connectivity index (χ1v) is 7.08. The van der Waals surface area contributed by atoms with Gasteiger partial charge in [0.2, 0.25) is 0 Å². The van der Waals surface area contributed by atoms with E-state index in [9.17, 15) is 4.79 Å². The van der Waals surface area contributed by atoms with Gasteiger partial charge in [0, 0.05) is 6.42 Å². The summed E-state index contributed by atoms with van der Waals surface area (Å²) in [7, 11) is 0. The zero-order chi connectivity index (χ0) is 11.8. The van der Waals surface area contributed by atoms with E-state index in [-0.39, 0.29) is 11.7 Å². The Morgan fingerprint density at radius 3 is 2.76 bits per heavy atom. The highest BCUT2D eigenvalue weighted by Gasteiger charge is 2.29. The van der Waals surface area contributed by atoms with Crippen molar-refractivity contribution in [3.05, 3.63) is 50.4 Å². The van der Waals surface area contributed by atoms with E-state index in [1.165, 1.54) is 16.9 Å². The molecule has 17 heavy (non-hydrogen) atoms. The molecule has 0 N–H and O–H groups in total. The lowest BCUT2D eigenvalue weighted by molar-refractivity contribution is 0.0968. The van der Waals surface area contributed by atoms with Crippen molar-refractivity contribution in [3.8, 4) is 0 Å². The number of nitrogens with zero attached hydrogens (tertiary/aromatic N) is 1. The second-order valence-corrected chi connectivity index (χ2v) is 6.46. The van der Waals surface area contributed by atoms with Crippen molar-refractivity contribution in [1.29, 1.82) is 0 Å². The predicted molar refractivity (Wildman–Crippen MR) is 71.6 cm³/mol. The summed E-state index contributed by atoms with van der Waals surface area (Å²) in [6, 6.07) is 10.2. The number of rotatable bonds is 1. The molecule has 86 valence electrons. The number of carbonyl (C=O) groups is 1. The maximum Gasteiger partial charge on any atom is 0.175 e. The Balaban J connectivity index is 1.96. The van der Waals surface area contributed by atoms with Crippen molar-refractivity contribution < 1.29 is 4.79 Å². The lowest BCUT2D eigenvalue weighted by Crippen LogP contribution is -2.17. The summed E-state index contributed by atoms with van der Waals surface area (Å²) in [5.74, 6) is 0.508. The molecule has 0 fully saturated rings. The van der Waals surface area contributed by atoms with Gasteiger partial charge in [0.1, 0.15) is 0 Å². The maximum atomic E-state index is 12.0. The minimum absolute atomic E-state index is 0.225. The molecule has 0 amide bonds. The lowest BCUT2D eigenvalue weighted by Gasteiger charge is -2.20. The van der Waals surface area contributed by atoms with Crippen LogP contribution in [0.15, 0.2) is 34.2 Å². The molecule has 4 heteroatoms. The molecule has 0 radical (unpaired) electrons. The summed E-state index contributed by atoms with van der Waals surface area (Å²) in [4.78, 5) is 17.3. The summed E-state index contributed by atoms with van der Waals surface area (Å²) in [5, 5.41) is 0. The SMILES string of the molecule is O=C1CC(c2ccccc2)Cc2nc(Br)sc21. The Labute approximate surface area is 112 Å². The molecular weight excluding hydrogens is 298 g/mol. The molecule has 0 saturated carbocycles. The first-order chi connectivity index (χ1) is 8.24. The number of carbonyl (C=O) groups excluding carboxylic acids is 1. The number of aromatic nitrogens is 1. The zero-order valence-electron chi connectivity index (χ0n) is 9.02. The van der Waals surface area contributed by atoms with Gasteiger partial charge in [0.15, 0.2) is 9.70 Å². The van der Waals surface area contributed by atoms with E-state index >= 15 is 0 Å². The predicted octanol–water partition coefficient (Wildman–Crippen LogP) is 3.82. The molecule has 1 aromatic carbocycles. The number of fused-ring (bicyclic) bond motifs is 1. The van der Waals surface area contributed by atoms with Crippen LogP contribution in [-0.4, -0.2) is 10.8 Å². The van der Waals surface area contributed by atoms with E-state index in [4.69, 9.17) is 0 Å². The standard InChI is InChI=1S/C13H10BrNOS/c14-13-15-10-6-9(7-11(16)12(10)17-13)8-4-2-1-3-5-8/h1-5,9H,6-7H2. The van der Waals surface area contributed by atoms with Crippen molar-refractivity contribution in [2.75, 3.05) is 0 Å². The second-order valence-electron chi connectivity index (χ2n) is 4.18. The van der Waals surface area contributed by atoms with Gasteiger partial charge >= 0.3 is 0 Å². The maximum absolute atomic E-state index is 12.0. The van der Waals surface area contributed by atoms with Crippen molar-refractivity contribution in [3.63, 3.8) is 0 Å². The van der Waals surface area contributed by atoms with E-state index < -0.39 is 0 Å². The van der Waals surface area contributed by atoms with Gasteiger partial charge in [-0.1, -0.05) is 30.3 Å². The third-order valence-electron chi connectivity index (χ3n) is 3.07. The number of benzene rings is 1. The second kappa shape index (κ2) is 4.35. The van der Waals surface area contributed by atoms with Crippen molar-refractivity contribution in [2.45, 2.75) is 18.8 Å². The Hall–Kier alpha value is -1.00. The Kier molecular flexibility index (Phi) is 2.84. The van der Waals surface area contributed by atoms with E-state index in [2.05, 4.69) is 33.0 Å². The third kappa shape index (κ3) is 2.07. The van der Waals surface area contributed by atoms with Crippen LogP contribution in [0.3, 0.4) is 0 Å². The monoisotopic (exact) mass is 307 g/mol. The molecule has 0 spiro atoms. The normalized spacial score (nSPS) is 19.1. The summed E-state index contributed by atoms with van der Waals surface area (Å²) < 4.78 is 0.810. The quantitative estimate of drug-likeness (QED) is 0.801. The molecule has 1 unspecified atom stereocenters. The van der Waals surface area contributed by atoms with Gasteiger partial charge in [0.05, 0.1) is 10.6 Å². The molecule has 3 rings (SSSR count). The Morgan fingerprint density at radius 1 is 1.24 bits per heavy atom. The number of thiazole rings is 1. The molecule has 1 heterocycles. The van der Waals surface area contributed by atoms with E-state index in [1.54, 1.807) is 0 Å². The van der Waals surface area contributed by atoms with Gasteiger partial charge < -0.3 is 0 Å². The highest BCUT2D eigenvalue weighted by Crippen LogP contribution is 2.36. The first-order valence-electron chi connectivity index (χ1n) is 5.47. The number of Topliss-reactive ketones (excluding diaryl/α,β-unsaturated/α-hetero) is 1. The number of ketones is 1. The average Bonchev–Trinajstić information content (AvgIpc) is 2.71. The van der Waals surface area contributed by atoms with Crippen LogP contribution < -0.4 is 0 Å². The van der Waals surface area contributed by atoms with Crippen molar-refractivity contribution in [1.82, 2.24) is 4.98 Å². The van der Waals surface area contributed by atoms with Crippen LogP contribution in [0.25, 0.3) is 0 Å². The molecule has 1 atom stereocenters. The Morgan fingerprint density at radius 2 is 2.00 bits per heavy atom.